The largest absolute Gasteiger partial charge is 0.530 e. The predicted molar refractivity (Wildman–Crippen MR) is 97.0 cm³/mol. The summed E-state index contributed by atoms with van der Waals surface area (Å²) in [5, 5.41) is 11.7. The fraction of sp³-hybridized carbons (Fsp3) is 0.421. The van der Waals surface area contributed by atoms with E-state index in [1.807, 2.05) is 32.2 Å². The van der Waals surface area contributed by atoms with Crippen LogP contribution in [0.4, 0.5) is 10.5 Å². The molecule has 0 radical (unpaired) electrons. The third-order valence-corrected chi connectivity index (χ3v) is 5.71. The van der Waals surface area contributed by atoms with Crippen molar-refractivity contribution in [1.29, 1.82) is 0 Å². The van der Waals surface area contributed by atoms with Crippen LogP contribution in [-0.4, -0.2) is 46.5 Å². The normalized spacial score (nSPS) is 24.8. The third kappa shape index (κ3) is 2.68. The van der Waals surface area contributed by atoms with E-state index in [2.05, 4.69) is 9.97 Å². The molecule has 1 aromatic carbocycles. The molecule has 0 saturated carbocycles. The zero-order valence-corrected chi connectivity index (χ0v) is 15.5. The van der Waals surface area contributed by atoms with Crippen molar-refractivity contribution in [2.45, 2.75) is 39.3 Å². The first-order valence-corrected chi connectivity index (χ1v) is 8.79. The summed E-state index contributed by atoms with van der Waals surface area (Å²) in [6.07, 6.45) is 2.76. The second kappa shape index (κ2) is 6.57. The highest BCUT2D eigenvalue weighted by molar-refractivity contribution is 5.89. The highest BCUT2D eigenvalue weighted by Crippen LogP contribution is 2.45. The summed E-state index contributed by atoms with van der Waals surface area (Å²) in [4.78, 5) is 32.9. The van der Waals surface area contributed by atoms with Gasteiger partial charge in [-0.05, 0) is 26.0 Å². The summed E-state index contributed by atoms with van der Waals surface area (Å²) in [5.41, 5.74) is 2.52. The molecule has 3 atom stereocenters. The Morgan fingerprint density at radius 3 is 2.69 bits per heavy atom. The molecule has 3 rings (SSSR count). The number of imidazole rings is 1. The van der Waals surface area contributed by atoms with E-state index in [1.54, 1.807) is 26.2 Å². The van der Waals surface area contributed by atoms with Crippen molar-refractivity contribution in [1.82, 2.24) is 19.4 Å². The van der Waals surface area contributed by atoms with Crippen LogP contribution in [0.5, 0.6) is 0 Å². The molecule has 0 saturated heterocycles. The first-order valence-electron chi connectivity index (χ1n) is 8.79. The van der Waals surface area contributed by atoms with Crippen molar-refractivity contribution in [3.63, 3.8) is 0 Å². The van der Waals surface area contributed by atoms with Crippen LogP contribution in [0, 0.1) is 0 Å². The molecule has 1 aliphatic heterocycles. The summed E-state index contributed by atoms with van der Waals surface area (Å²) in [6, 6.07) is 5.38. The first-order chi connectivity index (χ1) is 12.3. The Balaban J connectivity index is 2.22. The molecule has 7 heteroatoms. The Hall–Kier alpha value is -2.67. The highest BCUT2D eigenvalue weighted by atomic mass is 16.4. The van der Waals surface area contributed by atoms with Gasteiger partial charge >= 0.3 is 5.91 Å². The van der Waals surface area contributed by atoms with Gasteiger partial charge in [-0.3, -0.25) is 0 Å². The lowest BCUT2D eigenvalue weighted by Crippen LogP contribution is -2.60. The van der Waals surface area contributed by atoms with E-state index in [0.29, 0.717) is 18.8 Å². The molecular weight excluding hydrogens is 332 g/mol. The van der Waals surface area contributed by atoms with Gasteiger partial charge in [0.2, 0.25) is 0 Å². The second-order valence-corrected chi connectivity index (χ2v) is 6.96. The van der Waals surface area contributed by atoms with Crippen molar-refractivity contribution >= 4 is 17.7 Å². The molecule has 138 valence electrons. The molecule has 2 heterocycles. The lowest BCUT2D eigenvalue weighted by molar-refractivity contribution is -0.268. The zero-order chi connectivity index (χ0) is 19.1. The number of aromatic amines is 1. The monoisotopic (exact) mass is 356 g/mol. The number of carbonyl (C=O) groups is 2. The molecule has 7 nitrogen and oxygen atoms in total. The van der Waals surface area contributed by atoms with Crippen LogP contribution in [0.15, 0.2) is 30.6 Å². The van der Waals surface area contributed by atoms with Crippen molar-refractivity contribution in [3.8, 4) is 11.4 Å². The smallest absolute Gasteiger partial charge is 0.315 e. The van der Waals surface area contributed by atoms with E-state index in [0.717, 1.165) is 16.8 Å². The van der Waals surface area contributed by atoms with Crippen LogP contribution in [0.2, 0.25) is 0 Å². The van der Waals surface area contributed by atoms with Gasteiger partial charge in [0.25, 0.3) is 0 Å². The standard InChI is InChI=1S/C19H24N4O3/c1-5-22(19(25)26)16-10-12(2)23(4,13(3)24)17-7-6-14(11-15(16)17)18-20-8-9-21-18/h6-9,11-12,16H,5,10H2,1-4H3,(H-,20,21,25,26)/t12-,16+,23?/m0/s1. The van der Waals surface area contributed by atoms with Gasteiger partial charge in [-0.2, -0.15) is 0 Å². The summed E-state index contributed by atoms with van der Waals surface area (Å²) in [5.74, 6) is 0.734. The third-order valence-electron chi connectivity index (χ3n) is 5.71. The van der Waals surface area contributed by atoms with Crippen LogP contribution >= 0.6 is 0 Å². The fourth-order valence-corrected chi connectivity index (χ4v) is 3.97. The van der Waals surface area contributed by atoms with Gasteiger partial charge < -0.3 is 19.8 Å². The molecule has 0 fully saturated rings. The highest BCUT2D eigenvalue weighted by Gasteiger charge is 2.47. The molecule has 0 spiro atoms. The van der Waals surface area contributed by atoms with Gasteiger partial charge in [0.1, 0.15) is 17.6 Å². The zero-order valence-electron chi connectivity index (χ0n) is 15.5. The van der Waals surface area contributed by atoms with Gasteiger partial charge in [0.15, 0.2) is 0 Å². The number of hydrogen-bond donors (Lipinski definition) is 1. The molecule has 0 aliphatic carbocycles. The van der Waals surface area contributed by atoms with Crippen molar-refractivity contribution in [2.24, 2.45) is 0 Å². The molecule has 2 amide bonds. The van der Waals surface area contributed by atoms with Crippen LogP contribution in [0.3, 0.4) is 0 Å². The van der Waals surface area contributed by atoms with Crippen LogP contribution in [0.25, 0.3) is 11.4 Å². The van der Waals surface area contributed by atoms with Gasteiger partial charge in [-0.15, -0.1) is 0 Å². The van der Waals surface area contributed by atoms with Gasteiger partial charge in [0, 0.05) is 42.6 Å². The quantitative estimate of drug-likeness (QED) is 0.853. The minimum Gasteiger partial charge on any atom is -0.530 e. The molecule has 1 aliphatic rings. The average molecular weight is 356 g/mol. The molecular formula is C19H24N4O3. The van der Waals surface area contributed by atoms with Gasteiger partial charge in [-0.1, -0.05) is 0 Å². The SMILES string of the molecule is CCN(C(=O)[O-])[C@@H]1C[C@H](C)[N+](C)(C(C)=O)c2ccc(-c3ncc[nH]3)cc21. The minimum absolute atomic E-state index is 0.0273. The molecule has 1 aromatic heterocycles. The minimum atomic E-state index is -1.20. The lowest BCUT2D eigenvalue weighted by atomic mass is 9.87. The maximum absolute atomic E-state index is 12.5. The summed E-state index contributed by atoms with van der Waals surface area (Å²) in [7, 11) is 1.89. The van der Waals surface area contributed by atoms with Crippen LogP contribution < -0.4 is 9.59 Å². The van der Waals surface area contributed by atoms with E-state index in [4.69, 9.17) is 0 Å². The number of hydrogen-bond acceptors (Lipinski definition) is 4. The predicted octanol–water partition coefficient (Wildman–Crippen LogP) is 2.06. The number of rotatable bonds is 3. The van der Waals surface area contributed by atoms with E-state index >= 15 is 0 Å². The maximum atomic E-state index is 12.5. The average Bonchev–Trinajstić information content (AvgIpc) is 3.13. The molecule has 2 aromatic rings. The number of nitrogens with zero attached hydrogens (tertiary/aromatic N) is 3. The van der Waals surface area contributed by atoms with Gasteiger partial charge in [-0.25, -0.2) is 14.3 Å². The van der Waals surface area contributed by atoms with E-state index in [-0.39, 0.29) is 22.5 Å². The molecule has 1 N–H and O–H groups in total. The summed E-state index contributed by atoms with van der Waals surface area (Å²) < 4.78 is 0.148. The number of carbonyl (C=O) groups excluding carboxylic acids is 2. The maximum Gasteiger partial charge on any atom is 0.315 e. The number of quaternary nitrogens is 1. The summed E-state index contributed by atoms with van der Waals surface area (Å²) in [6.45, 7) is 5.69. The number of nitrogens with one attached hydrogen (secondary N) is 1. The summed E-state index contributed by atoms with van der Waals surface area (Å²) >= 11 is 0. The number of amides is 2. The molecule has 0 bridgehead atoms. The van der Waals surface area contributed by atoms with Crippen molar-refractivity contribution in [3.05, 3.63) is 36.2 Å². The Morgan fingerprint density at radius 2 is 2.15 bits per heavy atom. The molecule has 1 unspecified atom stereocenters. The Morgan fingerprint density at radius 1 is 1.42 bits per heavy atom. The number of fused-ring (bicyclic) bond motifs is 1. The Bertz CT molecular complexity index is 833. The topological polar surface area (TPSA) is 89.1 Å². The lowest BCUT2D eigenvalue weighted by Gasteiger charge is -2.46. The van der Waals surface area contributed by atoms with Crippen LogP contribution in [0.1, 0.15) is 38.8 Å². The van der Waals surface area contributed by atoms with E-state index in [9.17, 15) is 14.7 Å². The van der Waals surface area contributed by atoms with Gasteiger partial charge in [0.05, 0.1) is 26.1 Å². The first kappa shape index (κ1) is 18.1. The molecule has 26 heavy (non-hydrogen) atoms. The fourth-order valence-electron chi connectivity index (χ4n) is 3.97. The number of aromatic nitrogens is 2. The number of H-pyrrole nitrogens is 1. The van der Waals surface area contributed by atoms with Crippen LogP contribution in [-0.2, 0) is 4.79 Å². The second-order valence-electron chi connectivity index (χ2n) is 6.96. The Kier molecular flexibility index (Phi) is 4.58. The van der Waals surface area contributed by atoms with E-state index < -0.39 is 6.09 Å². The van der Waals surface area contributed by atoms with Crippen molar-refractivity contribution < 1.29 is 14.7 Å². The number of benzene rings is 1. The van der Waals surface area contributed by atoms with Crippen molar-refractivity contribution in [2.75, 3.05) is 13.6 Å². The number of carboxylic acid groups (broad SMARTS) is 1. The van der Waals surface area contributed by atoms with E-state index in [1.165, 1.54) is 4.90 Å². The Labute approximate surface area is 152 Å².